The molecule has 3 nitrogen and oxygen atoms in total. The molecule has 1 heterocycles. The average Bonchev–Trinajstić information content (AvgIpc) is 2.77. The molecule has 0 spiro atoms. The van der Waals surface area contributed by atoms with E-state index in [1.165, 1.54) is 45.4 Å². The topological polar surface area (TPSA) is 18.5 Å². The van der Waals surface area contributed by atoms with Gasteiger partial charge in [-0.25, -0.2) is 0 Å². The summed E-state index contributed by atoms with van der Waals surface area (Å²) >= 11 is 0. The molecule has 1 saturated carbocycles. The molecule has 0 aromatic heterocycles. The summed E-state index contributed by atoms with van der Waals surface area (Å²) in [6.45, 7) is 9.99. The van der Waals surface area contributed by atoms with E-state index in [2.05, 4.69) is 50.1 Å². The van der Waals surface area contributed by atoms with E-state index < -0.39 is 0 Å². The Hall–Kier alpha value is -0.120. The van der Waals surface area contributed by atoms with Gasteiger partial charge in [0.2, 0.25) is 0 Å². The maximum Gasteiger partial charge on any atom is 0.0110 e. The third kappa shape index (κ3) is 4.19. The molecule has 0 aromatic carbocycles. The molecule has 0 bridgehead atoms. The summed E-state index contributed by atoms with van der Waals surface area (Å²) in [5, 5.41) is 3.59. The smallest absolute Gasteiger partial charge is 0.0110 e. The Morgan fingerprint density at radius 3 is 2.55 bits per heavy atom. The lowest BCUT2D eigenvalue weighted by Gasteiger charge is -2.41. The third-order valence-corrected chi connectivity index (χ3v) is 5.63. The molecule has 20 heavy (non-hydrogen) atoms. The summed E-state index contributed by atoms with van der Waals surface area (Å²) in [6.07, 6.45) is 4.14. The van der Waals surface area contributed by atoms with E-state index in [-0.39, 0.29) is 0 Å². The second kappa shape index (κ2) is 7.24. The van der Waals surface area contributed by atoms with Crippen LogP contribution < -0.4 is 5.32 Å². The fourth-order valence-electron chi connectivity index (χ4n) is 4.60. The molecule has 3 heteroatoms. The maximum atomic E-state index is 3.59. The summed E-state index contributed by atoms with van der Waals surface area (Å²) in [4.78, 5) is 5.07. The molecular weight excluding hydrogens is 246 g/mol. The van der Waals surface area contributed by atoms with Crippen molar-refractivity contribution in [3.8, 4) is 0 Å². The van der Waals surface area contributed by atoms with Gasteiger partial charge < -0.3 is 15.1 Å². The first-order valence-electron chi connectivity index (χ1n) is 8.54. The van der Waals surface area contributed by atoms with Crippen molar-refractivity contribution >= 4 is 0 Å². The first-order valence-corrected chi connectivity index (χ1v) is 8.54. The Balaban J connectivity index is 1.83. The van der Waals surface area contributed by atoms with Crippen LogP contribution in [-0.2, 0) is 0 Å². The fraction of sp³-hybridized carbons (Fsp3) is 1.00. The van der Waals surface area contributed by atoms with Crippen molar-refractivity contribution in [2.75, 3.05) is 47.3 Å². The molecule has 1 N–H and O–H groups in total. The molecule has 1 aliphatic heterocycles. The van der Waals surface area contributed by atoms with Crippen LogP contribution in [0.2, 0.25) is 0 Å². The van der Waals surface area contributed by atoms with Gasteiger partial charge in [0.1, 0.15) is 0 Å². The van der Waals surface area contributed by atoms with Crippen LogP contribution in [0, 0.1) is 23.7 Å². The molecule has 1 aliphatic carbocycles. The first kappa shape index (κ1) is 16.3. The van der Waals surface area contributed by atoms with Crippen molar-refractivity contribution in [2.24, 2.45) is 23.7 Å². The Bertz CT molecular complexity index is 294. The number of rotatable bonds is 5. The van der Waals surface area contributed by atoms with Crippen LogP contribution in [-0.4, -0.2) is 63.2 Å². The second-order valence-corrected chi connectivity index (χ2v) is 7.75. The maximum absolute atomic E-state index is 3.59. The number of nitrogens with zero attached hydrogens (tertiary/aromatic N) is 2. The minimum absolute atomic E-state index is 0.711. The van der Waals surface area contributed by atoms with Crippen LogP contribution in [0.25, 0.3) is 0 Å². The van der Waals surface area contributed by atoms with E-state index in [1.54, 1.807) is 0 Å². The van der Waals surface area contributed by atoms with E-state index in [0.29, 0.717) is 6.04 Å². The highest BCUT2D eigenvalue weighted by Crippen LogP contribution is 2.34. The molecule has 0 aromatic rings. The van der Waals surface area contributed by atoms with Gasteiger partial charge in [0.05, 0.1) is 0 Å². The van der Waals surface area contributed by atoms with Crippen molar-refractivity contribution < 1.29 is 0 Å². The zero-order valence-electron chi connectivity index (χ0n) is 14.2. The molecule has 1 saturated heterocycles. The fourth-order valence-corrected chi connectivity index (χ4v) is 4.60. The summed E-state index contributed by atoms with van der Waals surface area (Å²) in [7, 11) is 6.73. The van der Waals surface area contributed by atoms with Gasteiger partial charge in [-0.05, 0) is 70.6 Å². The minimum Gasteiger partial charge on any atom is -0.317 e. The first-order chi connectivity index (χ1) is 9.49. The third-order valence-electron chi connectivity index (χ3n) is 5.63. The quantitative estimate of drug-likeness (QED) is 0.833. The zero-order valence-corrected chi connectivity index (χ0v) is 14.2. The van der Waals surface area contributed by atoms with Crippen LogP contribution in [0.4, 0.5) is 0 Å². The SMILES string of the molecule is CNC1CC(C)CC(C)C1CN(C)CC1CCN(C)C1. The largest absolute Gasteiger partial charge is 0.317 e. The molecule has 2 aliphatic rings. The summed E-state index contributed by atoms with van der Waals surface area (Å²) in [6, 6.07) is 0.711. The van der Waals surface area contributed by atoms with Gasteiger partial charge in [0, 0.05) is 25.7 Å². The molecular formula is C17H35N3. The summed E-state index contributed by atoms with van der Waals surface area (Å²) in [5.41, 5.74) is 0. The van der Waals surface area contributed by atoms with Crippen molar-refractivity contribution in [1.82, 2.24) is 15.1 Å². The predicted octanol–water partition coefficient (Wildman–Crippen LogP) is 2.14. The van der Waals surface area contributed by atoms with E-state index >= 15 is 0 Å². The van der Waals surface area contributed by atoms with Crippen LogP contribution in [0.15, 0.2) is 0 Å². The van der Waals surface area contributed by atoms with Gasteiger partial charge >= 0.3 is 0 Å². The lowest BCUT2D eigenvalue weighted by atomic mass is 9.72. The highest BCUT2D eigenvalue weighted by molar-refractivity contribution is 4.89. The summed E-state index contributed by atoms with van der Waals surface area (Å²) in [5.74, 6) is 3.44. The second-order valence-electron chi connectivity index (χ2n) is 7.75. The van der Waals surface area contributed by atoms with Crippen LogP contribution in [0.3, 0.4) is 0 Å². The Morgan fingerprint density at radius 1 is 1.20 bits per heavy atom. The van der Waals surface area contributed by atoms with E-state index in [1.807, 2.05) is 0 Å². The van der Waals surface area contributed by atoms with Crippen molar-refractivity contribution in [3.63, 3.8) is 0 Å². The van der Waals surface area contributed by atoms with Crippen molar-refractivity contribution in [1.29, 1.82) is 0 Å². The van der Waals surface area contributed by atoms with E-state index in [0.717, 1.165) is 23.7 Å². The average molecular weight is 281 g/mol. The lowest BCUT2D eigenvalue weighted by Crippen LogP contribution is -2.48. The van der Waals surface area contributed by atoms with Crippen LogP contribution in [0.5, 0.6) is 0 Å². The molecule has 5 unspecified atom stereocenters. The molecule has 0 radical (unpaired) electrons. The summed E-state index contributed by atoms with van der Waals surface area (Å²) < 4.78 is 0. The monoisotopic (exact) mass is 281 g/mol. The van der Waals surface area contributed by atoms with Gasteiger partial charge in [0.15, 0.2) is 0 Å². The van der Waals surface area contributed by atoms with Gasteiger partial charge in [-0.2, -0.15) is 0 Å². The predicted molar refractivity (Wildman–Crippen MR) is 87.0 cm³/mol. The number of hydrogen-bond acceptors (Lipinski definition) is 3. The molecule has 2 rings (SSSR count). The van der Waals surface area contributed by atoms with Gasteiger partial charge in [-0.1, -0.05) is 13.8 Å². The number of likely N-dealkylation sites (tertiary alicyclic amines) is 1. The van der Waals surface area contributed by atoms with Crippen LogP contribution >= 0.6 is 0 Å². The van der Waals surface area contributed by atoms with Crippen molar-refractivity contribution in [3.05, 3.63) is 0 Å². The standard InChI is InChI=1S/C17H35N3/c1-13-8-14(2)16(17(9-13)18-3)12-20(5)11-15-6-7-19(4)10-15/h13-18H,6-12H2,1-5H3. The highest BCUT2D eigenvalue weighted by atomic mass is 15.2. The highest BCUT2D eigenvalue weighted by Gasteiger charge is 2.34. The Labute approximate surface area is 126 Å². The van der Waals surface area contributed by atoms with Gasteiger partial charge in [-0.3, -0.25) is 0 Å². The number of hydrogen-bond donors (Lipinski definition) is 1. The molecule has 2 fully saturated rings. The van der Waals surface area contributed by atoms with Crippen LogP contribution in [0.1, 0.15) is 33.1 Å². The molecule has 5 atom stereocenters. The normalized spacial score (nSPS) is 39.6. The van der Waals surface area contributed by atoms with E-state index in [4.69, 9.17) is 0 Å². The lowest BCUT2D eigenvalue weighted by molar-refractivity contribution is 0.109. The van der Waals surface area contributed by atoms with E-state index in [9.17, 15) is 0 Å². The minimum atomic E-state index is 0.711. The Kier molecular flexibility index (Phi) is 5.88. The zero-order chi connectivity index (χ0) is 14.7. The number of nitrogens with one attached hydrogen (secondary N) is 1. The molecule has 0 amide bonds. The van der Waals surface area contributed by atoms with Gasteiger partial charge in [0.25, 0.3) is 0 Å². The van der Waals surface area contributed by atoms with Gasteiger partial charge in [-0.15, -0.1) is 0 Å². The van der Waals surface area contributed by atoms with Crippen molar-refractivity contribution in [2.45, 2.75) is 39.2 Å². The molecule has 118 valence electrons. The Morgan fingerprint density at radius 2 is 1.95 bits per heavy atom.